The summed E-state index contributed by atoms with van der Waals surface area (Å²) in [6.07, 6.45) is 3.95. The Bertz CT molecular complexity index is 1250. The smallest absolute Gasteiger partial charge is 0.0803 e. The number of nitrogens with zero attached hydrogens (tertiary/aromatic N) is 2. The second-order valence-electron chi connectivity index (χ2n) is 9.86. The van der Waals surface area contributed by atoms with Crippen LogP contribution >= 0.6 is 0 Å². The minimum absolute atomic E-state index is 0.463. The first-order valence-corrected chi connectivity index (χ1v) is 12.8. The van der Waals surface area contributed by atoms with Gasteiger partial charge < -0.3 is 15.3 Å². The number of pyridine rings is 1. The highest BCUT2D eigenvalue weighted by molar-refractivity contribution is 5.93. The molecule has 1 saturated heterocycles. The van der Waals surface area contributed by atoms with Crippen molar-refractivity contribution in [3.8, 4) is 0 Å². The molecule has 1 aliphatic heterocycles. The summed E-state index contributed by atoms with van der Waals surface area (Å²) in [6, 6.07) is 29.3. The second-order valence-corrected chi connectivity index (χ2v) is 9.86. The summed E-state index contributed by atoms with van der Waals surface area (Å²) in [5, 5.41) is 15.6. The zero-order chi connectivity index (χ0) is 24.0. The number of fused-ring (bicyclic) bond motifs is 1. The summed E-state index contributed by atoms with van der Waals surface area (Å²) in [5.41, 5.74) is 6.40. The predicted molar refractivity (Wildman–Crippen MR) is 145 cm³/mol. The molecule has 0 saturated carbocycles. The van der Waals surface area contributed by atoms with Gasteiger partial charge in [0.2, 0.25) is 0 Å². The largest absolute Gasteiger partial charge is 0.388 e. The van der Waals surface area contributed by atoms with Crippen LogP contribution in [0.2, 0.25) is 0 Å². The van der Waals surface area contributed by atoms with E-state index in [2.05, 4.69) is 69.8 Å². The van der Waals surface area contributed by atoms with Crippen LogP contribution in [0.5, 0.6) is 0 Å². The zero-order valence-corrected chi connectivity index (χ0v) is 20.5. The number of nitrogens with one attached hydrogen (secondary N) is 1. The highest BCUT2D eigenvalue weighted by atomic mass is 16.3. The van der Waals surface area contributed by atoms with Crippen molar-refractivity contribution in [2.45, 2.75) is 38.7 Å². The number of aliphatic hydroxyl groups excluding tert-OH is 1. The Hall–Kier alpha value is -3.21. The molecule has 35 heavy (non-hydrogen) atoms. The number of anilines is 2. The lowest BCUT2D eigenvalue weighted by molar-refractivity contribution is 0.123. The molecule has 1 atom stereocenters. The molecule has 1 unspecified atom stereocenters. The molecule has 1 fully saturated rings. The topological polar surface area (TPSA) is 48.4 Å². The van der Waals surface area contributed by atoms with Crippen molar-refractivity contribution in [1.82, 2.24) is 9.88 Å². The van der Waals surface area contributed by atoms with Gasteiger partial charge in [-0.05, 0) is 87.0 Å². The van der Waals surface area contributed by atoms with E-state index in [-0.39, 0.29) is 0 Å². The van der Waals surface area contributed by atoms with E-state index in [9.17, 15) is 5.11 Å². The van der Waals surface area contributed by atoms with Crippen LogP contribution in [0.3, 0.4) is 0 Å². The predicted octanol–water partition coefficient (Wildman–Crippen LogP) is 6.67. The number of aliphatic hydroxyl groups is 1. The minimum Gasteiger partial charge on any atom is -0.388 e. The number of hydrogen-bond acceptors (Lipinski definition) is 4. The Balaban J connectivity index is 1.15. The molecule has 1 aromatic heterocycles. The number of rotatable bonds is 8. The third-order valence-electron chi connectivity index (χ3n) is 7.19. The maximum Gasteiger partial charge on any atom is 0.0803 e. The van der Waals surface area contributed by atoms with Crippen molar-refractivity contribution in [3.05, 3.63) is 102 Å². The fourth-order valence-electron chi connectivity index (χ4n) is 5.22. The average Bonchev–Trinajstić information content (AvgIpc) is 2.89. The molecule has 4 nitrogen and oxygen atoms in total. The van der Waals surface area contributed by atoms with Crippen LogP contribution in [0.1, 0.15) is 42.2 Å². The van der Waals surface area contributed by atoms with Gasteiger partial charge in [0, 0.05) is 29.0 Å². The Labute approximate surface area is 208 Å². The molecular formula is C31H35N3O. The molecular weight excluding hydrogens is 430 g/mol. The molecule has 3 aromatic carbocycles. The molecule has 4 aromatic rings. The van der Waals surface area contributed by atoms with Crippen molar-refractivity contribution in [3.63, 3.8) is 0 Å². The first-order valence-electron chi connectivity index (χ1n) is 12.8. The van der Waals surface area contributed by atoms with Crippen molar-refractivity contribution in [2.24, 2.45) is 5.92 Å². The third-order valence-corrected chi connectivity index (χ3v) is 7.19. The van der Waals surface area contributed by atoms with Gasteiger partial charge in [0.25, 0.3) is 0 Å². The number of benzene rings is 3. The van der Waals surface area contributed by atoms with Gasteiger partial charge in [0.15, 0.2) is 0 Å². The second kappa shape index (κ2) is 11.0. The molecule has 0 aliphatic carbocycles. The average molecular weight is 466 g/mol. The van der Waals surface area contributed by atoms with E-state index in [1.165, 1.54) is 24.8 Å². The van der Waals surface area contributed by atoms with Crippen LogP contribution in [-0.2, 0) is 6.42 Å². The Morgan fingerprint density at radius 3 is 2.54 bits per heavy atom. The van der Waals surface area contributed by atoms with E-state index < -0.39 is 6.10 Å². The molecule has 0 bridgehead atoms. The van der Waals surface area contributed by atoms with E-state index >= 15 is 0 Å². The van der Waals surface area contributed by atoms with E-state index in [4.69, 9.17) is 0 Å². The van der Waals surface area contributed by atoms with Crippen molar-refractivity contribution < 1.29 is 5.11 Å². The summed E-state index contributed by atoms with van der Waals surface area (Å²) in [6.45, 7) is 5.20. The number of piperidine rings is 1. The standard InChI is InChI=1S/C31H35N3O/c1-23-20-30(28-12-5-6-13-29(28)32-23)33-27-11-7-10-26(22-27)31(35)16-19-34-17-14-25(15-18-34)21-24-8-3-2-4-9-24/h2-13,20,22,25,31,35H,14-19,21H2,1H3,(H,32,33). The van der Waals surface area contributed by atoms with Gasteiger partial charge >= 0.3 is 0 Å². The molecule has 0 amide bonds. The first-order chi connectivity index (χ1) is 17.1. The van der Waals surface area contributed by atoms with Gasteiger partial charge in [0.05, 0.1) is 11.6 Å². The SMILES string of the molecule is Cc1cc(Nc2cccc(C(O)CCN3CCC(Cc4ccccc4)CC3)c2)c2ccccc2n1. The summed E-state index contributed by atoms with van der Waals surface area (Å²) in [5.74, 6) is 0.772. The van der Waals surface area contributed by atoms with Gasteiger partial charge in [-0.25, -0.2) is 0 Å². The third kappa shape index (κ3) is 6.08. The molecule has 4 heteroatoms. The molecule has 2 heterocycles. The molecule has 1 aliphatic rings. The fourth-order valence-corrected chi connectivity index (χ4v) is 5.22. The fraction of sp³-hybridized carbons (Fsp3) is 0.323. The first kappa shape index (κ1) is 23.5. The van der Waals surface area contributed by atoms with E-state index in [1.54, 1.807) is 0 Å². The van der Waals surface area contributed by atoms with Gasteiger partial charge in [-0.1, -0.05) is 60.7 Å². The maximum absolute atomic E-state index is 10.9. The van der Waals surface area contributed by atoms with Crippen LogP contribution in [0.4, 0.5) is 11.4 Å². The van der Waals surface area contributed by atoms with Crippen molar-refractivity contribution in [2.75, 3.05) is 25.0 Å². The lowest BCUT2D eigenvalue weighted by Gasteiger charge is -2.32. The van der Waals surface area contributed by atoms with Crippen molar-refractivity contribution in [1.29, 1.82) is 0 Å². The number of para-hydroxylation sites is 1. The van der Waals surface area contributed by atoms with Crippen molar-refractivity contribution >= 4 is 22.3 Å². The monoisotopic (exact) mass is 465 g/mol. The Morgan fingerprint density at radius 1 is 0.943 bits per heavy atom. The lowest BCUT2D eigenvalue weighted by atomic mass is 9.90. The normalized spacial score (nSPS) is 15.8. The van der Waals surface area contributed by atoms with Crippen LogP contribution in [0.15, 0.2) is 84.9 Å². The van der Waals surface area contributed by atoms with Crippen LogP contribution in [0.25, 0.3) is 10.9 Å². The van der Waals surface area contributed by atoms with Crippen LogP contribution in [-0.4, -0.2) is 34.6 Å². The van der Waals surface area contributed by atoms with E-state index in [0.717, 1.165) is 65.5 Å². The number of aryl methyl sites for hydroxylation is 1. The minimum atomic E-state index is -0.463. The van der Waals surface area contributed by atoms with Gasteiger partial charge in [-0.15, -0.1) is 0 Å². The highest BCUT2D eigenvalue weighted by Crippen LogP contribution is 2.29. The summed E-state index contributed by atoms with van der Waals surface area (Å²) in [7, 11) is 0. The van der Waals surface area contributed by atoms with Crippen LogP contribution < -0.4 is 5.32 Å². The highest BCUT2D eigenvalue weighted by Gasteiger charge is 2.20. The summed E-state index contributed by atoms with van der Waals surface area (Å²) < 4.78 is 0. The quantitative estimate of drug-likeness (QED) is 0.305. The van der Waals surface area contributed by atoms with E-state index in [1.807, 2.05) is 37.3 Å². The molecule has 5 rings (SSSR count). The molecule has 180 valence electrons. The lowest BCUT2D eigenvalue weighted by Crippen LogP contribution is -2.35. The van der Waals surface area contributed by atoms with Gasteiger partial charge in [-0.3, -0.25) is 4.98 Å². The van der Waals surface area contributed by atoms with E-state index in [0.29, 0.717) is 0 Å². The molecule has 2 N–H and O–H groups in total. The zero-order valence-electron chi connectivity index (χ0n) is 20.5. The molecule has 0 spiro atoms. The molecule has 0 radical (unpaired) electrons. The number of hydrogen-bond donors (Lipinski definition) is 2. The number of aromatic nitrogens is 1. The van der Waals surface area contributed by atoms with Gasteiger partial charge in [0.1, 0.15) is 0 Å². The summed E-state index contributed by atoms with van der Waals surface area (Å²) in [4.78, 5) is 7.15. The van der Waals surface area contributed by atoms with Crippen LogP contribution in [0, 0.1) is 12.8 Å². The Morgan fingerprint density at radius 2 is 1.71 bits per heavy atom. The van der Waals surface area contributed by atoms with Gasteiger partial charge in [-0.2, -0.15) is 0 Å². The Kier molecular flexibility index (Phi) is 7.41. The number of likely N-dealkylation sites (tertiary alicyclic amines) is 1. The summed E-state index contributed by atoms with van der Waals surface area (Å²) >= 11 is 0. The maximum atomic E-state index is 10.9.